The molecule has 0 aliphatic rings. The summed E-state index contributed by atoms with van der Waals surface area (Å²) in [7, 11) is -0.0398. The SMILES string of the molecule is CC(=O)CCCC[N+](C)(C)CCS(=O)(=O)O. The molecule has 96 valence electrons. The van der Waals surface area contributed by atoms with Crippen LogP contribution in [0.25, 0.3) is 0 Å². The van der Waals surface area contributed by atoms with Crippen molar-refractivity contribution in [3.8, 4) is 0 Å². The van der Waals surface area contributed by atoms with Gasteiger partial charge in [0.05, 0.1) is 27.2 Å². The molecule has 0 fully saturated rings. The second-order valence-corrected chi connectivity index (χ2v) is 6.40. The molecule has 0 aromatic heterocycles. The molecule has 0 atom stereocenters. The Morgan fingerprint density at radius 3 is 2.19 bits per heavy atom. The molecule has 0 spiro atoms. The Hall–Kier alpha value is -0.460. The maximum atomic E-state index is 10.7. The van der Waals surface area contributed by atoms with Gasteiger partial charge in [0.15, 0.2) is 0 Å². The first kappa shape index (κ1) is 15.5. The summed E-state index contributed by atoms with van der Waals surface area (Å²) in [4.78, 5) is 10.7. The fourth-order valence-corrected chi connectivity index (χ4v) is 2.11. The third kappa shape index (κ3) is 10.1. The van der Waals surface area contributed by atoms with Crippen molar-refractivity contribution >= 4 is 15.9 Å². The minimum atomic E-state index is -3.87. The average molecular weight is 252 g/mol. The first-order valence-corrected chi connectivity index (χ1v) is 7.00. The van der Waals surface area contributed by atoms with E-state index >= 15 is 0 Å². The fourth-order valence-electron chi connectivity index (χ4n) is 1.39. The molecule has 0 heterocycles. The Morgan fingerprint density at radius 1 is 1.19 bits per heavy atom. The van der Waals surface area contributed by atoms with E-state index in [0.717, 1.165) is 19.4 Å². The number of ketones is 1. The van der Waals surface area contributed by atoms with E-state index in [1.807, 2.05) is 14.1 Å². The number of unbranched alkanes of at least 4 members (excludes halogenated alkanes) is 1. The molecular formula is C10H22NO4S+. The summed E-state index contributed by atoms with van der Waals surface area (Å²) < 4.78 is 30.4. The van der Waals surface area contributed by atoms with Gasteiger partial charge in [0.25, 0.3) is 10.1 Å². The highest BCUT2D eigenvalue weighted by Crippen LogP contribution is 2.04. The van der Waals surface area contributed by atoms with Gasteiger partial charge in [-0.2, -0.15) is 8.42 Å². The highest BCUT2D eigenvalue weighted by molar-refractivity contribution is 7.85. The van der Waals surface area contributed by atoms with Gasteiger partial charge >= 0.3 is 0 Å². The molecule has 6 heteroatoms. The molecule has 16 heavy (non-hydrogen) atoms. The molecule has 0 radical (unpaired) electrons. The van der Waals surface area contributed by atoms with Crippen LogP contribution in [0, 0.1) is 0 Å². The molecule has 0 saturated heterocycles. The van der Waals surface area contributed by atoms with Crippen LogP contribution in [0.5, 0.6) is 0 Å². The van der Waals surface area contributed by atoms with Crippen LogP contribution >= 0.6 is 0 Å². The lowest BCUT2D eigenvalue weighted by molar-refractivity contribution is -0.888. The van der Waals surface area contributed by atoms with Gasteiger partial charge in [-0.1, -0.05) is 0 Å². The van der Waals surface area contributed by atoms with Crippen LogP contribution in [0.1, 0.15) is 26.2 Å². The molecular weight excluding hydrogens is 230 g/mol. The maximum Gasteiger partial charge on any atom is 0.270 e. The Balaban J connectivity index is 3.83. The van der Waals surface area contributed by atoms with Crippen molar-refractivity contribution in [3.05, 3.63) is 0 Å². The van der Waals surface area contributed by atoms with Gasteiger partial charge in [0, 0.05) is 6.42 Å². The van der Waals surface area contributed by atoms with E-state index in [4.69, 9.17) is 4.55 Å². The number of hydrogen-bond acceptors (Lipinski definition) is 3. The average Bonchev–Trinajstić information content (AvgIpc) is 2.08. The highest BCUT2D eigenvalue weighted by atomic mass is 32.2. The second-order valence-electron chi connectivity index (χ2n) is 4.83. The van der Waals surface area contributed by atoms with Crippen LogP contribution in [0.15, 0.2) is 0 Å². The Kier molecular flexibility index (Phi) is 6.14. The van der Waals surface area contributed by atoms with Crippen LogP contribution in [0.3, 0.4) is 0 Å². The number of hydrogen-bond donors (Lipinski definition) is 1. The largest absolute Gasteiger partial charge is 0.328 e. The first-order valence-electron chi connectivity index (χ1n) is 5.39. The Bertz CT molecular complexity index is 322. The molecule has 0 rings (SSSR count). The number of rotatable bonds is 8. The summed E-state index contributed by atoms with van der Waals surface area (Å²) in [5.74, 6) is -0.0320. The summed E-state index contributed by atoms with van der Waals surface area (Å²) in [5, 5.41) is 0. The molecule has 0 bridgehead atoms. The lowest BCUT2D eigenvalue weighted by Gasteiger charge is -2.29. The number of quaternary nitrogens is 1. The molecule has 0 saturated carbocycles. The van der Waals surface area contributed by atoms with E-state index in [-0.39, 0.29) is 11.5 Å². The van der Waals surface area contributed by atoms with Gasteiger partial charge < -0.3 is 9.28 Å². The van der Waals surface area contributed by atoms with Crippen molar-refractivity contribution in [1.29, 1.82) is 0 Å². The third-order valence-corrected chi connectivity index (χ3v) is 3.20. The molecule has 0 amide bonds. The zero-order chi connectivity index (χ0) is 12.8. The van der Waals surface area contributed by atoms with E-state index in [0.29, 0.717) is 17.4 Å². The van der Waals surface area contributed by atoms with Gasteiger partial charge in [-0.25, -0.2) is 0 Å². The van der Waals surface area contributed by atoms with Gasteiger partial charge in [-0.05, 0) is 19.8 Å². The molecule has 0 unspecified atom stereocenters. The van der Waals surface area contributed by atoms with Gasteiger partial charge in [0.1, 0.15) is 11.5 Å². The van der Waals surface area contributed by atoms with E-state index in [1.54, 1.807) is 6.92 Å². The molecule has 0 aliphatic carbocycles. The van der Waals surface area contributed by atoms with Gasteiger partial charge in [-0.3, -0.25) is 4.55 Å². The fraction of sp³-hybridized carbons (Fsp3) is 0.900. The molecule has 5 nitrogen and oxygen atoms in total. The van der Waals surface area contributed by atoms with Crippen LogP contribution in [0.2, 0.25) is 0 Å². The monoisotopic (exact) mass is 252 g/mol. The van der Waals surface area contributed by atoms with E-state index in [2.05, 4.69) is 0 Å². The minimum Gasteiger partial charge on any atom is -0.328 e. The van der Waals surface area contributed by atoms with E-state index < -0.39 is 10.1 Å². The minimum absolute atomic E-state index is 0.184. The summed E-state index contributed by atoms with van der Waals surface area (Å²) in [6.45, 7) is 2.76. The van der Waals surface area contributed by atoms with E-state index in [1.165, 1.54) is 0 Å². The predicted molar refractivity (Wildman–Crippen MR) is 62.8 cm³/mol. The van der Waals surface area contributed by atoms with Crippen LogP contribution in [-0.2, 0) is 14.9 Å². The van der Waals surface area contributed by atoms with Crippen LogP contribution in [0.4, 0.5) is 0 Å². The topological polar surface area (TPSA) is 71.4 Å². The lowest BCUT2D eigenvalue weighted by Crippen LogP contribution is -2.43. The summed E-state index contributed by atoms with van der Waals surface area (Å²) in [6.07, 6.45) is 2.30. The van der Waals surface area contributed by atoms with Crippen molar-refractivity contribution in [2.75, 3.05) is 32.9 Å². The van der Waals surface area contributed by atoms with Crippen molar-refractivity contribution < 1.29 is 22.2 Å². The van der Waals surface area contributed by atoms with Crippen molar-refractivity contribution in [2.24, 2.45) is 0 Å². The zero-order valence-electron chi connectivity index (χ0n) is 10.3. The van der Waals surface area contributed by atoms with Gasteiger partial charge in [-0.15, -0.1) is 0 Å². The normalized spacial score (nSPS) is 12.8. The number of Topliss-reactive ketones (excluding diaryl/α,β-unsaturated/α-hetero) is 1. The second kappa shape index (κ2) is 6.32. The maximum absolute atomic E-state index is 10.7. The Labute approximate surface area is 97.8 Å². The molecule has 1 N–H and O–H groups in total. The number of carbonyl (C=O) groups excluding carboxylic acids is 1. The summed E-state index contributed by atoms with van der Waals surface area (Å²) >= 11 is 0. The number of carbonyl (C=O) groups is 1. The molecule has 0 aromatic carbocycles. The number of nitrogens with zero attached hydrogens (tertiary/aromatic N) is 1. The third-order valence-electron chi connectivity index (χ3n) is 2.50. The van der Waals surface area contributed by atoms with E-state index in [9.17, 15) is 13.2 Å². The van der Waals surface area contributed by atoms with Crippen LogP contribution in [-0.4, -0.2) is 56.2 Å². The van der Waals surface area contributed by atoms with Gasteiger partial charge in [0.2, 0.25) is 0 Å². The standard InChI is InChI=1S/C10H21NO4S/c1-10(12)6-4-5-7-11(2,3)8-9-16(13,14)15/h4-9H2,1-3H3/p+1. The molecule has 0 aliphatic heterocycles. The molecule has 0 aromatic rings. The van der Waals surface area contributed by atoms with Crippen molar-refractivity contribution in [1.82, 2.24) is 0 Å². The van der Waals surface area contributed by atoms with Crippen molar-refractivity contribution in [3.63, 3.8) is 0 Å². The first-order chi connectivity index (χ1) is 7.12. The lowest BCUT2D eigenvalue weighted by atomic mass is 10.2. The highest BCUT2D eigenvalue weighted by Gasteiger charge is 2.18. The quantitative estimate of drug-likeness (QED) is 0.392. The van der Waals surface area contributed by atoms with Crippen LogP contribution < -0.4 is 0 Å². The smallest absolute Gasteiger partial charge is 0.270 e. The zero-order valence-corrected chi connectivity index (χ0v) is 11.1. The predicted octanol–water partition coefficient (Wildman–Crippen LogP) is 0.710. The Morgan fingerprint density at radius 2 is 1.75 bits per heavy atom. The summed E-state index contributed by atoms with van der Waals surface area (Å²) in [6, 6.07) is 0. The van der Waals surface area contributed by atoms with Crippen molar-refractivity contribution in [2.45, 2.75) is 26.2 Å². The summed E-state index contributed by atoms with van der Waals surface area (Å²) in [5.41, 5.74) is 0.